The fourth-order valence-corrected chi connectivity index (χ4v) is 4.33. The van der Waals surface area contributed by atoms with Crippen LogP contribution in [0.4, 0.5) is 8.78 Å². The summed E-state index contributed by atoms with van der Waals surface area (Å²) in [6.45, 7) is 2.13. The molecule has 0 spiro atoms. The maximum atomic E-state index is 12.8. The largest absolute Gasteiger partial charge is 0.350 e. The predicted octanol–water partition coefficient (Wildman–Crippen LogP) is 4.36. The molecule has 1 saturated heterocycles. The van der Waals surface area contributed by atoms with Gasteiger partial charge >= 0.3 is 0 Å². The zero-order valence-corrected chi connectivity index (χ0v) is 17.3. The van der Waals surface area contributed by atoms with Gasteiger partial charge in [0, 0.05) is 67.2 Å². The van der Waals surface area contributed by atoms with Gasteiger partial charge in [-0.3, -0.25) is 14.3 Å². The van der Waals surface area contributed by atoms with E-state index in [1.54, 1.807) is 16.8 Å². The molecule has 3 aromatic heterocycles. The summed E-state index contributed by atoms with van der Waals surface area (Å²) >= 11 is 0. The van der Waals surface area contributed by atoms with E-state index in [0.29, 0.717) is 17.2 Å². The fourth-order valence-electron chi connectivity index (χ4n) is 4.33. The number of benzene rings is 1. The Balaban J connectivity index is 1.48. The zero-order chi connectivity index (χ0) is 21.7. The minimum absolute atomic E-state index is 0.138. The summed E-state index contributed by atoms with van der Waals surface area (Å²) in [7, 11) is 4.15. The molecule has 0 radical (unpaired) electrons. The van der Waals surface area contributed by atoms with Crippen molar-refractivity contribution in [3.05, 3.63) is 82.5 Å². The van der Waals surface area contributed by atoms with Crippen molar-refractivity contribution in [3.63, 3.8) is 0 Å². The number of aromatic nitrogens is 3. The zero-order valence-electron chi connectivity index (χ0n) is 17.3. The third-order valence-corrected chi connectivity index (χ3v) is 6.04. The number of nitrogens with zero attached hydrogens (tertiary/aromatic N) is 4. The van der Waals surface area contributed by atoms with E-state index in [9.17, 15) is 13.6 Å². The minimum atomic E-state index is -2.56. The normalized spacial score (nSPS) is 15.0. The molecule has 0 saturated carbocycles. The molecule has 1 aromatic carbocycles. The van der Waals surface area contributed by atoms with Crippen molar-refractivity contribution in [2.24, 2.45) is 7.05 Å². The number of likely N-dealkylation sites (tertiary alicyclic amines) is 1. The van der Waals surface area contributed by atoms with Gasteiger partial charge in [-0.15, -0.1) is 0 Å². The molecule has 4 aromatic rings. The van der Waals surface area contributed by atoms with E-state index in [4.69, 9.17) is 0 Å². The summed E-state index contributed by atoms with van der Waals surface area (Å²) in [4.78, 5) is 19.2. The van der Waals surface area contributed by atoms with Crippen LogP contribution in [-0.4, -0.2) is 39.2 Å². The SMILES string of the molecule is CN1CC(c2cn(C)c3cc(-n4ccc(-c5ccc(C(F)F)cn5)cc4=O)ccc23)C1. The number of pyridine rings is 2. The molecular weight excluding hydrogens is 398 g/mol. The van der Waals surface area contributed by atoms with Crippen LogP contribution in [0.5, 0.6) is 0 Å². The first-order chi connectivity index (χ1) is 14.9. The minimum Gasteiger partial charge on any atom is -0.350 e. The van der Waals surface area contributed by atoms with Crippen LogP contribution in [0.15, 0.2) is 65.8 Å². The number of halogens is 2. The Labute approximate surface area is 178 Å². The average molecular weight is 420 g/mol. The van der Waals surface area contributed by atoms with Crippen LogP contribution in [-0.2, 0) is 7.05 Å². The molecule has 1 aliphatic rings. The molecule has 0 aliphatic carbocycles. The standard InChI is InChI=1S/C24H22F2N4O/c1-28-12-17(13-28)20-14-29(2)22-10-18(4-5-19(20)22)30-8-7-15(9-23(30)31)21-6-3-16(11-27-21)24(25)26/h3-11,14,17,24H,12-13H2,1-2H3. The van der Waals surface area contributed by atoms with Crippen LogP contribution in [0, 0.1) is 0 Å². The number of hydrogen-bond donors (Lipinski definition) is 0. The lowest BCUT2D eigenvalue weighted by Gasteiger charge is -2.36. The summed E-state index contributed by atoms with van der Waals surface area (Å²) in [5, 5.41) is 1.22. The molecule has 0 bridgehead atoms. The van der Waals surface area contributed by atoms with E-state index < -0.39 is 6.43 Å². The number of fused-ring (bicyclic) bond motifs is 1. The highest BCUT2D eigenvalue weighted by atomic mass is 19.3. The van der Waals surface area contributed by atoms with Crippen LogP contribution >= 0.6 is 0 Å². The molecule has 1 fully saturated rings. The summed E-state index contributed by atoms with van der Waals surface area (Å²) in [5.41, 5.74) is 3.96. The first kappa shape index (κ1) is 19.6. The quantitative estimate of drug-likeness (QED) is 0.493. The second-order valence-electron chi connectivity index (χ2n) is 8.22. The summed E-state index contributed by atoms with van der Waals surface area (Å²) < 4.78 is 29.2. The Bertz CT molecular complexity index is 1320. The van der Waals surface area contributed by atoms with Gasteiger partial charge in [0.15, 0.2) is 0 Å². The first-order valence-corrected chi connectivity index (χ1v) is 10.2. The summed E-state index contributed by atoms with van der Waals surface area (Å²) in [6, 6.07) is 12.2. The van der Waals surface area contributed by atoms with E-state index in [-0.39, 0.29) is 11.1 Å². The maximum Gasteiger partial charge on any atom is 0.265 e. The number of hydrogen-bond acceptors (Lipinski definition) is 3. The van der Waals surface area contributed by atoms with Crippen LogP contribution in [0.1, 0.15) is 23.5 Å². The molecule has 158 valence electrons. The number of aryl methyl sites for hydroxylation is 1. The molecule has 7 heteroatoms. The van der Waals surface area contributed by atoms with E-state index in [0.717, 1.165) is 30.5 Å². The first-order valence-electron chi connectivity index (χ1n) is 10.2. The third-order valence-electron chi connectivity index (χ3n) is 6.04. The van der Waals surface area contributed by atoms with Crippen molar-refractivity contribution in [1.82, 2.24) is 19.0 Å². The van der Waals surface area contributed by atoms with Crippen LogP contribution in [0.25, 0.3) is 27.8 Å². The predicted molar refractivity (Wildman–Crippen MR) is 117 cm³/mol. The lowest BCUT2D eigenvalue weighted by Crippen LogP contribution is -2.41. The lowest BCUT2D eigenvalue weighted by atomic mass is 9.92. The molecule has 4 heterocycles. The van der Waals surface area contributed by atoms with Gasteiger partial charge in [0.1, 0.15) is 0 Å². The molecule has 5 nitrogen and oxygen atoms in total. The number of likely N-dealkylation sites (N-methyl/N-ethyl adjacent to an activating group) is 1. The van der Waals surface area contributed by atoms with Gasteiger partial charge in [-0.25, -0.2) is 8.78 Å². The van der Waals surface area contributed by atoms with Gasteiger partial charge in [-0.05, 0) is 42.9 Å². The molecule has 31 heavy (non-hydrogen) atoms. The van der Waals surface area contributed by atoms with Gasteiger partial charge in [-0.2, -0.15) is 0 Å². The van der Waals surface area contributed by atoms with Gasteiger partial charge in [0.25, 0.3) is 12.0 Å². The Kier molecular flexibility index (Phi) is 4.70. The topological polar surface area (TPSA) is 43.1 Å². The van der Waals surface area contributed by atoms with E-state index in [1.807, 2.05) is 19.2 Å². The second-order valence-corrected chi connectivity index (χ2v) is 8.22. The molecule has 0 unspecified atom stereocenters. The Morgan fingerprint density at radius 3 is 2.52 bits per heavy atom. The Morgan fingerprint density at radius 2 is 1.87 bits per heavy atom. The van der Waals surface area contributed by atoms with Crippen molar-refractivity contribution >= 4 is 10.9 Å². The van der Waals surface area contributed by atoms with Gasteiger partial charge in [0.2, 0.25) is 0 Å². The van der Waals surface area contributed by atoms with Crippen molar-refractivity contribution in [2.75, 3.05) is 20.1 Å². The number of rotatable bonds is 4. The van der Waals surface area contributed by atoms with Crippen molar-refractivity contribution in [3.8, 4) is 16.9 Å². The summed E-state index contributed by atoms with van der Waals surface area (Å²) in [6.07, 6.45) is 2.47. The Morgan fingerprint density at radius 1 is 1.06 bits per heavy atom. The molecule has 0 N–H and O–H groups in total. The second kappa shape index (κ2) is 7.42. The van der Waals surface area contributed by atoms with Crippen molar-refractivity contribution in [1.29, 1.82) is 0 Å². The van der Waals surface area contributed by atoms with Crippen molar-refractivity contribution in [2.45, 2.75) is 12.3 Å². The molecule has 5 rings (SSSR count). The van der Waals surface area contributed by atoms with Crippen molar-refractivity contribution < 1.29 is 8.78 Å². The van der Waals surface area contributed by atoms with E-state index in [2.05, 4.69) is 33.8 Å². The third kappa shape index (κ3) is 3.45. The number of alkyl halides is 2. The Hall–Kier alpha value is -3.32. The smallest absolute Gasteiger partial charge is 0.265 e. The van der Waals surface area contributed by atoms with Crippen LogP contribution in [0.2, 0.25) is 0 Å². The molecule has 0 amide bonds. The van der Waals surface area contributed by atoms with Gasteiger partial charge < -0.3 is 9.47 Å². The molecular formula is C24H22F2N4O. The monoisotopic (exact) mass is 420 g/mol. The van der Waals surface area contributed by atoms with Crippen LogP contribution < -0.4 is 5.56 Å². The maximum absolute atomic E-state index is 12.8. The highest BCUT2D eigenvalue weighted by Gasteiger charge is 2.27. The fraction of sp³-hybridized carbons (Fsp3) is 0.250. The average Bonchev–Trinajstić information content (AvgIpc) is 3.07. The highest BCUT2D eigenvalue weighted by Crippen LogP contribution is 2.33. The highest BCUT2D eigenvalue weighted by molar-refractivity contribution is 5.86. The van der Waals surface area contributed by atoms with E-state index in [1.165, 1.54) is 29.1 Å². The molecule has 1 aliphatic heterocycles. The van der Waals surface area contributed by atoms with Gasteiger partial charge in [-0.1, -0.05) is 6.07 Å². The lowest BCUT2D eigenvalue weighted by molar-refractivity contribution is 0.151. The summed E-state index contributed by atoms with van der Waals surface area (Å²) in [5.74, 6) is 0.547. The van der Waals surface area contributed by atoms with Crippen LogP contribution in [0.3, 0.4) is 0 Å². The van der Waals surface area contributed by atoms with E-state index >= 15 is 0 Å². The molecule has 0 atom stereocenters. The van der Waals surface area contributed by atoms with Gasteiger partial charge in [0.05, 0.1) is 16.9 Å².